The van der Waals surface area contributed by atoms with Crippen LogP contribution in [0.25, 0.3) is 0 Å². The van der Waals surface area contributed by atoms with Crippen LogP contribution in [0, 0.1) is 11.8 Å². The lowest BCUT2D eigenvalue weighted by atomic mass is 9.68. The average molecular weight is 394 g/mol. The van der Waals surface area contributed by atoms with Gasteiger partial charge in [-0.15, -0.1) is 0 Å². The van der Waals surface area contributed by atoms with Gasteiger partial charge in [0.05, 0.1) is 17.4 Å². The standard InChI is InChI=1S/C22H16ClNO4/c1-24-21(26)17-14(11-6-8-12(23)9-7-11)10-15-19(25)13-4-2-3-5-16(13)28-20(15)18(17)22(24)27/h2-10,14,17-18,20H,1H3/t14-,17-,18-,20-/m1/s1. The highest BCUT2D eigenvalue weighted by Gasteiger charge is 2.58. The Kier molecular flexibility index (Phi) is 3.71. The van der Waals surface area contributed by atoms with Gasteiger partial charge in [0.2, 0.25) is 11.8 Å². The summed E-state index contributed by atoms with van der Waals surface area (Å²) in [5, 5.41) is 0.582. The van der Waals surface area contributed by atoms with Gasteiger partial charge in [-0.25, -0.2) is 0 Å². The van der Waals surface area contributed by atoms with Gasteiger partial charge >= 0.3 is 0 Å². The van der Waals surface area contributed by atoms with Gasteiger partial charge in [0, 0.05) is 23.6 Å². The molecule has 4 atom stereocenters. The van der Waals surface area contributed by atoms with Crippen molar-refractivity contribution in [2.45, 2.75) is 12.0 Å². The Morgan fingerprint density at radius 1 is 0.929 bits per heavy atom. The summed E-state index contributed by atoms with van der Waals surface area (Å²) in [4.78, 5) is 40.1. The highest BCUT2D eigenvalue weighted by Crippen LogP contribution is 2.49. The van der Waals surface area contributed by atoms with Crippen molar-refractivity contribution >= 4 is 29.2 Å². The molecule has 2 heterocycles. The van der Waals surface area contributed by atoms with E-state index in [1.807, 2.05) is 12.1 Å². The molecule has 0 aromatic heterocycles. The van der Waals surface area contributed by atoms with E-state index in [4.69, 9.17) is 16.3 Å². The fourth-order valence-corrected chi connectivity index (χ4v) is 4.65. The number of rotatable bonds is 1. The summed E-state index contributed by atoms with van der Waals surface area (Å²) in [6, 6.07) is 14.2. The zero-order valence-corrected chi connectivity index (χ0v) is 15.7. The van der Waals surface area contributed by atoms with Crippen LogP contribution in [0.3, 0.4) is 0 Å². The van der Waals surface area contributed by atoms with Crippen molar-refractivity contribution in [1.29, 1.82) is 0 Å². The van der Waals surface area contributed by atoms with E-state index in [-0.39, 0.29) is 17.6 Å². The Labute approximate surface area is 166 Å². The Hall–Kier alpha value is -2.92. The van der Waals surface area contributed by atoms with Gasteiger partial charge in [-0.05, 0) is 29.8 Å². The van der Waals surface area contributed by atoms with Gasteiger partial charge in [0.25, 0.3) is 0 Å². The number of fused-ring (bicyclic) bond motifs is 4. The van der Waals surface area contributed by atoms with E-state index in [2.05, 4.69) is 0 Å². The number of halogens is 1. The second-order valence-corrected chi connectivity index (χ2v) is 7.79. The quantitative estimate of drug-likeness (QED) is 0.698. The fourth-order valence-electron chi connectivity index (χ4n) is 4.52. The molecule has 5 rings (SSSR count). The monoisotopic (exact) mass is 393 g/mol. The van der Waals surface area contributed by atoms with E-state index in [0.29, 0.717) is 21.9 Å². The number of ketones is 1. The molecule has 140 valence electrons. The van der Waals surface area contributed by atoms with Gasteiger partial charge in [-0.1, -0.05) is 41.9 Å². The van der Waals surface area contributed by atoms with Gasteiger partial charge in [0.1, 0.15) is 11.9 Å². The van der Waals surface area contributed by atoms with Crippen LogP contribution in [0.1, 0.15) is 21.8 Å². The number of hydrogen-bond acceptors (Lipinski definition) is 4. The predicted octanol–water partition coefficient (Wildman–Crippen LogP) is 3.24. The van der Waals surface area contributed by atoms with E-state index in [1.165, 1.54) is 7.05 Å². The number of para-hydroxylation sites is 1. The molecule has 0 N–H and O–H groups in total. The number of Topliss-reactive ketones (excluding diaryl/α,β-unsaturated/α-hetero) is 1. The number of amides is 2. The second kappa shape index (κ2) is 6.04. The van der Waals surface area contributed by atoms with Crippen LogP contribution >= 0.6 is 11.6 Å². The summed E-state index contributed by atoms with van der Waals surface area (Å²) in [5.74, 6) is -1.99. The summed E-state index contributed by atoms with van der Waals surface area (Å²) in [6.07, 6.45) is 1.05. The van der Waals surface area contributed by atoms with E-state index in [0.717, 1.165) is 10.5 Å². The Morgan fingerprint density at radius 3 is 2.36 bits per heavy atom. The molecular weight excluding hydrogens is 378 g/mol. The summed E-state index contributed by atoms with van der Waals surface area (Å²) >= 11 is 6.01. The SMILES string of the molecule is CN1C(=O)[C@@H]2[C@H](C1=O)[C@@H](c1ccc(Cl)cc1)C=C1C(=O)c3ccccc3O[C@H]12. The van der Waals surface area contributed by atoms with Crippen LogP contribution in [0.4, 0.5) is 0 Å². The van der Waals surface area contributed by atoms with Crippen molar-refractivity contribution in [3.05, 3.63) is 76.3 Å². The Morgan fingerprint density at radius 2 is 1.61 bits per heavy atom. The van der Waals surface area contributed by atoms with Gasteiger partial charge < -0.3 is 4.74 Å². The van der Waals surface area contributed by atoms with E-state index < -0.39 is 23.9 Å². The molecule has 5 nitrogen and oxygen atoms in total. The molecule has 1 saturated heterocycles. The van der Waals surface area contributed by atoms with E-state index in [9.17, 15) is 14.4 Å². The van der Waals surface area contributed by atoms with Gasteiger partial charge in [-0.2, -0.15) is 0 Å². The zero-order chi connectivity index (χ0) is 19.6. The molecule has 0 saturated carbocycles. The molecule has 0 spiro atoms. The number of imide groups is 1. The van der Waals surface area contributed by atoms with Crippen LogP contribution in [-0.2, 0) is 9.59 Å². The number of allylic oxidation sites excluding steroid dienone is 1. The van der Waals surface area contributed by atoms with Crippen LogP contribution < -0.4 is 4.74 Å². The summed E-state index contributed by atoms with van der Waals surface area (Å²) in [6.45, 7) is 0. The number of carbonyl (C=O) groups is 3. The molecule has 3 aliphatic rings. The highest BCUT2D eigenvalue weighted by atomic mass is 35.5. The maximum atomic E-state index is 13.2. The lowest BCUT2D eigenvalue weighted by Gasteiger charge is -2.38. The van der Waals surface area contributed by atoms with Crippen LogP contribution in [0.2, 0.25) is 5.02 Å². The second-order valence-electron chi connectivity index (χ2n) is 7.35. The largest absolute Gasteiger partial charge is 0.484 e. The number of ether oxygens (including phenoxy) is 1. The molecule has 1 aliphatic carbocycles. The van der Waals surface area contributed by atoms with Crippen molar-refractivity contribution in [3.8, 4) is 5.75 Å². The molecule has 0 unspecified atom stereocenters. The highest BCUT2D eigenvalue weighted by molar-refractivity contribution is 6.30. The first-order chi connectivity index (χ1) is 13.5. The molecule has 1 fully saturated rings. The molecule has 28 heavy (non-hydrogen) atoms. The Bertz CT molecular complexity index is 1060. The topological polar surface area (TPSA) is 63.7 Å². The molecule has 0 radical (unpaired) electrons. The van der Waals surface area contributed by atoms with Crippen molar-refractivity contribution in [1.82, 2.24) is 4.90 Å². The molecule has 2 aromatic rings. The van der Waals surface area contributed by atoms with Crippen LogP contribution in [-0.4, -0.2) is 35.6 Å². The number of benzene rings is 2. The number of nitrogens with zero attached hydrogens (tertiary/aromatic N) is 1. The van der Waals surface area contributed by atoms with E-state index >= 15 is 0 Å². The van der Waals surface area contributed by atoms with Crippen molar-refractivity contribution in [2.75, 3.05) is 7.05 Å². The first-order valence-corrected chi connectivity index (χ1v) is 9.44. The first-order valence-electron chi connectivity index (χ1n) is 9.06. The first kappa shape index (κ1) is 17.2. The van der Waals surface area contributed by atoms with Gasteiger partial charge in [-0.3, -0.25) is 19.3 Å². The summed E-state index contributed by atoms with van der Waals surface area (Å²) in [5.41, 5.74) is 1.76. The minimum Gasteiger partial charge on any atom is -0.484 e. The van der Waals surface area contributed by atoms with Crippen molar-refractivity contribution in [3.63, 3.8) is 0 Å². The summed E-state index contributed by atoms with van der Waals surface area (Å²) < 4.78 is 6.08. The lowest BCUT2D eigenvalue weighted by Crippen LogP contribution is -2.46. The summed E-state index contributed by atoms with van der Waals surface area (Å²) in [7, 11) is 1.49. The molecule has 0 bridgehead atoms. The van der Waals surface area contributed by atoms with Crippen molar-refractivity contribution < 1.29 is 19.1 Å². The molecular formula is C22H16ClNO4. The van der Waals surface area contributed by atoms with Gasteiger partial charge in [0.15, 0.2) is 5.78 Å². The molecule has 2 amide bonds. The minimum absolute atomic E-state index is 0.154. The third-order valence-electron chi connectivity index (χ3n) is 5.90. The third-order valence-corrected chi connectivity index (χ3v) is 6.15. The van der Waals surface area contributed by atoms with E-state index in [1.54, 1.807) is 42.5 Å². The number of carbonyl (C=O) groups excluding carboxylic acids is 3. The number of likely N-dealkylation sites (tertiary alicyclic amines) is 1. The molecule has 2 aliphatic heterocycles. The Balaban J connectivity index is 1.70. The molecule has 2 aromatic carbocycles. The molecule has 6 heteroatoms. The predicted molar refractivity (Wildman–Crippen MR) is 102 cm³/mol. The normalized spacial score (nSPS) is 28.3. The van der Waals surface area contributed by atoms with Crippen molar-refractivity contribution in [2.24, 2.45) is 11.8 Å². The lowest BCUT2D eigenvalue weighted by molar-refractivity contribution is -0.138. The minimum atomic E-state index is -0.752. The maximum absolute atomic E-state index is 13.2. The van der Waals surface area contributed by atoms with Crippen LogP contribution in [0.15, 0.2) is 60.2 Å². The number of hydrogen-bond donors (Lipinski definition) is 0. The fraction of sp³-hybridized carbons (Fsp3) is 0.227. The van der Waals surface area contributed by atoms with Crippen LogP contribution in [0.5, 0.6) is 5.75 Å². The third kappa shape index (κ3) is 2.29. The maximum Gasteiger partial charge on any atom is 0.236 e. The smallest absolute Gasteiger partial charge is 0.236 e. The average Bonchev–Trinajstić information content (AvgIpc) is 2.93. The zero-order valence-electron chi connectivity index (χ0n) is 15.0.